The lowest BCUT2D eigenvalue weighted by Gasteiger charge is -2.32. The van der Waals surface area contributed by atoms with Gasteiger partial charge in [-0.1, -0.05) is 48.5 Å². The Hall–Kier alpha value is -3.48. The summed E-state index contributed by atoms with van der Waals surface area (Å²) < 4.78 is 9.64. The van der Waals surface area contributed by atoms with Gasteiger partial charge in [-0.15, -0.1) is 0 Å². The number of ether oxygens (including phenoxy) is 2. The second-order valence-corrected chi connectivity index (χ2v) is 6.85. The summed E-state index contributed by atoms with van der Waals surface area (Å²) in [7, 11) is 2.32. The van der Waals surface area contributed by atoms with Crippen LogP contribution in [0.15, 0.2) is 54.6 Å². The normalized spacial score (nSPS) is 18.6. The molecule has 2 aromatic carbocycles. The number of amides is 1. The zero-order valence-corrected chi connectivity index (χ0v) is 16.2. The lowest BCUT2D eigenvalue weighted by molar-refractivity contribution is -0.157. The fourth-order valence-corrected chi connectivity index (χ4v) is 3.58. The van der Waals surface area contributed by atoms with Crippen LogP contribution in [0.4, 0.5) is 0 Å². The van der Waals surface area contributed by atoms with Crippen LogP contribution in [0, 0.1) is 5.41 Å². The molecule has 0 fully saturated rings. The molecule has 0 spiro atoms. The number of Topliss-reactive ketones (excluding diaryl/α,β-unsaturated/α-hetero) is 1. The van der Waals surface area contributed by atoms with Crippen LogP contribution in [0.3, 0.4) is 0 Å². The Balaban J connectivity index is 2.16. The van der Waals surface area contributed by atoms with Crippen LogP contribution in [0.25, 0.3) is 0 Å². The number of ketones is 1. The number of carbonyl (C=O) groups is 4. The number of methoxy groups -OCH3 is 2. The van der Waals surface area contributed by atoms with E-state index in [4.69, 9.17) is 9.47 Å². The highest BCUT2D eigenvalue weighted by molar-refractivity contribution is 6.20. The van der Waals surface area contributed by atoms with E-state index in [1.165, 1.54) is 18.1 Å². The first-order valence-electron chi connectivity index (χ1n) is 9.05. The minimum atomic E-state index is -1.89. The molecular formula is C22H21NO6. The Kier molecular flexibility index (Phi) is 5.77. The van der Waals surface area contributed by atoms with Gasteiger partial charge in [0.2, 0.25) is 0 Å². The van der Waals surface area contributed by atoms with E-state index < -0.39 is 35.5 Å². The SMILES string of the molecule is COC(=O)CC1(C(=O)OC)CN(Cc2ccccc2)C(=O)c2ccccc2C1=O. The summed E-state index contributed by atoms with van der Waals surface area (Å²) in [6.45, 7) is -0.128. The zero-order valence-electron chi connectivity index (χ0n) is 16.2. The summed E-state index contributed by atoms with van der Waals surface area (Å²) in [5, 5.41) is 0. The third-order valence-electron chi connectivity index (χ3n) is 5.05. The van der Waals surface area contributed by atoms with Crippen molar-refractivity contribution < 1.29 is 28.7 Å². The first-order chi connectivity index (χ1) is 13.9. The quantitative estimate of drug-likeness (QED) is 0.570. The summed E-state index contributed by atoms with van der Waals surface area (Å²) in [4.78, 5) is 53.1. The molecule has 7 nitrogen and oxygen atoms in total. The molecule has 29 heavy (non-hydrogen) atoms. The first kappa shape index (κ1) is 20.3. The lowest BCUT2D eigenvalue weighted by atomic mass is 9.77. The van der Waals surface area contributed by atoms with Crippen LogP contribution in [0.5, 0.6) is 0 Å². The van der Waals surface area contributed by atoms with E-state index in [0.717, 1.165) is 12.7 Å². The Morgan fingerprint density at radius 3 is 2.17 bits per heavy atom. The molecular weight excluding hydrogens is 374 g/mol. The van der Waals surface area contributed by atoms with Crippen LogP contribution in [0.1, 0.15) is 32.7 Å². The smallest absolute Gasteiger partial charge is 0.322 e. The molecule has 1 aliphatic rings. The van der Waals surface area contributed by atoms with Gasteiger partial charge in [-0.2, -0.15) is 0 Å². The predicted octanol–water partition coefficient (Wildman–Crippen LogP) is 2.25. The van der Waals surface area contributed by atoms with Crippen molar-refractivity contribution in [3.05, 3.63) is 71.3 Å². The highest BCUT2D eigenvalue weighted by atomic mass is 16.5. The van der Waals surface area contributed by atoms with Crippen molar-refractivity contribution in [2.24, 2.45) is 5.41 Å². The van der Waals surface area contributed by atoms with Crippen molar-refractivity contribution in [1.82, 2.24) is 4.90 Å². The fraction of sp³-hybridized carbons (Fsp3) is 0.273. The summed E-state index contributed by atoms with van der Waals surface area (Å²) in [5.41, 5.74) is -0.797. The topological polar surface area (TPSA) is 90.0 Å². The van der Waals surface area contributed by atoms with Gasteiger partial charge in [-0.3, -0.25) is 19.2 Å². The summed E-state index contributed by atoms with van der Waals surface area (Å²) in [6, 6.07) is 15.5. The van der Waals surface area contributed by atoms with Crippen molar-refractivity contribution in [3.8, 4) is 0 Å². The van der Waals surface area contributed by atoms with Gasteiger partial charge in [0, 0.05) is 18.7 Å². The van der Waals surface area contributed by atoms with Gasteiger partial charge in [0.1, 0.15) is 0 Å². The molecule has 1 aliphatic heterocycles. The van der Waals surface area contributed by atoms with E-state index in [1.54, 1.807) is 18.2 Å². The molecule has 2 aromatic rings. The van der Waals surface area contributed by atoms with Crippen molar-refractivity contribution in [2.75, 3.05) is 20.8 Å². The molecule has 0 N–H and O–H groups in total. The average molecular weight is 395 g/mol. The number of esters is 2. The molecule has 3 rings (SSSR count). The monoisotopic (exact) mass is 395 g/mol. The van der Waals surface area contributed by atoms with Crippen molar-refractivity contribution in [1.29, 1.82) is 0 Å². The third kappa shape index (κ3) is 3.76. The standard InChI is InChI=1S/C22H21NO6/c1-28-18(24)12-22(21(27)29-2)14-23(13-15-8-4-3-5-9-15)20(26)17-11-7-6-10-16(17)19(22)25/h3-11H,12-14H2,1-2H3. The summed E-state index contributed by atoms with van der Waals surface area (Å²) >= 11 is 0. The molecule has 1 amide bonds. The first-order valence-corrected chi connectivity index (χ1v) is 9.05. The van der Waals surface area contributed by atoms with Crippen molar-refractivity contribution >= 4 is 23.6 Å². The number of hydrogen-bond acceptors (Lipinski definition) is 6. The number of carbonyl (C=O) groups excluding carboxylic acids is 4. The van der Waals surface area contributed by atoms with Crippen molar-refractivity contribution in [2.45, 2.75) is 13.0 Å². The average Bonchev–Trinajstić information content (AvgIpc) is 2.84. The minimum Gasteiger partial charge on any atom is -0.469 e. The molecule has 1 unspecified atom stereocenters. The summed E-state index contributed by atoms with van der Waals surface area (Å²) in [5.74, 6) is -2.64. The molecule has 150 valence electrons. The molecule has 0 saturated carbocycles. The second kappa shape index (κ2) is 8.26. The molecule has 0 radical (unpaired) electrons. The van der Waals surface area contributed by atoms with E-state index in [0.29, 0.717) is 0 Å². The number of nitrogens with zero attached hydrogens (tertiary/aromatic N) is 1. The van der Waals surface area contributed by atoms with E-state index >= 15 is 0 Å². The maximum absolute atomic E-state index is 13.5. The molecule has 0 bridgehead atoms. The second-order valence-electron chi connectivity index (χ2n) is 6.85. The molecule has 1 heterocycles. The van der Waals surface area contributed by atoms with E-state index in [2.05, 4.69) is 0 Å². The number of hydrogen-bond donors (Lipinski definition) is 0. The molecule has 0 aromatic heterocycles. The highest BCUT2D eigenvalue weighted by Gasteiger charge is 2.53. The maximum atomic E-state index is 13.5. The lowest BCUT2D eigenvalue weighted by Crippen LogP contribution is -2.49. The maximum Gasteiger partial charge on any atom is 0.322 e. The Morgan fingerprint density at radius 1 is 0.931 bits per heavy atom. The zero-order chi connectivity index (χ0) is 21.0. The van der Waals surface area contributed by atoms with Gasteiger partial charge >= 0.3 is 11.9 Å². The molecule has 7 heteroatoms. The Labute approximate surface area is 168 Å². The Morgan fingerprint density at radius 2 is 1.55 bits per heavy atom. The Bertz CT molecular complexity index is 955. The van der Waals surface area contributed by atoms with Crippen molar-refractivity contribution in [3.63, 3.8) is 0 Å². The molecule has 1 atom stereocenters. The van der Waals surface area contributed by atoms with Crippen LogP contribution in [-0.2, 0) is 25.6 Å². The van der Waals surface area contributed by atoms with Crippen LogP contribution in [-0.4, -0.2) is 49.3 Å². The summed E-state index contributed by atoms with van der Waals surface area (Å²) in [6.07, 6.45) is -0.526. The van der Waals surface area contributed by atoms with Gasteiger partial charge in [0.15, 0.2) is 11.2 Å². The number of fused-ring (bicyclic) bond motifs is 1. The van der Waals surface area contributed by atoms with Crippen LogP contribution >= 0.6 is 0 Å². The predicted molar refractivity (Wildman–Crippen MR) is 103 cm³/mol. The van der Waals surface area contributed by atoms with Gasteiger partial charge in [0.05, 0.1) is 26.2 Å². The van der Waals surface area contributed by atoms with Gasteiger partial charge in [-0.25, -0.2) is 0 Å². The number of benzene rings is 2. The van der Waals surface area contributed by atoms with E-state index in [1.807, 2.05) is 30.3 Å². The highest BCUT2D eigenvalue weighted by Crippen LogP contribution is 2.36. The van der Waals surface area contributed by atoms with Gasteiger partial charge in [0.25, 0.3) is 5.91 Å². The number of rotatable bonds is 5. The van der Waals surface area contributed by atoms with Gasteiger partial charge < -0.3 is 14.4 Å². The third-order valence-corrected chi connectivity index (χ3v) is 5.05. The minimum absolute atomic E-state index is 0.0855. The van der Waals surface area contributed by atoms with Gasteiger partial charge in [-0.05, 0) is 11.6 Å². The van der Waals surface area contributed by atoms with Crippen LogP contribution < -0.4 is 0 Å². The van der Waals surface area contributed by atoms with Crippen LogP contribution in [0.2, 0.25) is 0 Å². The fourth-order valence-electron chi connectivity index (χ4n) is 3.58. The van der Waals surface area contributed by atoms with E-state index in [9.17, 15) is 19.2 Å². The largest absolute Gasteiger partial charge is 0.469 e. The van der Waals surface area contributed by atoms with E-state index in [-0.39, 0.29) is 24.2 Å². The molecule has 0 saturated heterocycles. The molecule has 0 aliphatic carbocycles.